The van der Waals surface area contributed by atoms with Crippen molar-refractivity contribution in [1.29, 1.82) is 0 Å². The van der Waals surface area contributed by atoms with Crippen molar-refractivity contribution in [3.8, 4) is 0 Å². The van der Waals surface area contributed by atoms with Gasteiger partial charge in [-0.3, -0.25) is 9.48 Å². The molecule has 19 heavy (non-hydrogen) atoms. The fourth-order valence-electron chi connectivity index (χ4n) is 1.48. The molecule has 2 aromatic heterocycles. The van der Waals surface area contributed by atoms with Gasteiger partial charge >= 0.3 is 0 Å². The van der Waals surface area contributed by atoms with Gasteiger partial charge in [0, 0.05) is 19.8 Å². The van der Waals surface area contributed by atoms with E-state index in [1.54, 1.807) is 43.2 Å². The lowest BCUT2D eigenvalue weighted by atomic mass is 10.3. The molecule has 0 aliphatic rings. The first kappa shape index (κ1) is 15.0. The molecule has 0 unspecified atom stereocenters. The van der Waals surface area contributed by atoms with Crippen molar-refractivity contribution in [2.75, 3.05) is 17.7 Å². The zero-order valence-electron chi connectivity index (χ0n) is 11.0. The first-order valence-electron chi connectivity index (χ1n) is 5.56. The molecule has 2 heterocycles. The molecule has 2 N–H and O–H groups in total. The topological polar surface area (TPSA) is 71.8 Å². The summed E-state index contributed by atoms with van der Waals surface area (Å²) in [6.07, 6.45) is 1.60. The molecule has 1 amide bonds. The number of halogens is 1. The maximum absolute atomic E-state index is 11.9. The van der Waals surface area contributed by atoms with Gasteiger partial charge in [0.05, 0.1) is 11.9 Å². The third-order valence-electron chi connectivity index (χ3n) is 2.62. The third-order valence-corrected chi connectivity index (χ3v) is 2.62. The van der Waals surface area contributed by atoms with Gasteiger partial charge in [-0.2, -0.15) is 5.10 Å². The standard InChI is InChI=1S/C12H15N5O.ClH/c1-8-6-10(16-17(8)3)12(18)15-9-4-5-11(13-2)14-7-9;/h4-7H,1-3H3,(H,13,14)(H,15,18);1H. The average molecular weight is 282 g/mol. The van der Waals surface area contributed by atoms with Gasteiger partial charge in [0.15, 0.2) is 5.69 Å². The van der Waals surface area contributed by atoms with E-state index < -0.39 is 0 Å². The molecule has 2 aromatic rings. The molecular weight excluding hydrogens is 266 g/mol. The van der Waals surface area contributed by atoms with E-state index in [0.717, 1.165) is 11.5 Å². The number of anilines is 2. The van der Waals surface area contributed by atoms with E-state index in [-0.39, 0.29) is 18.3 Å². The maximum Gasteiger partial charge on any atom is 0.276 e. The SMILES string of the molecule is CNc1ccc(NC(=O)c2cc(C)n(C)n2)cn1.Cl. The highest BCUT2D eigenvalue weighted by Gasteiger charge is 2.11. The van der Waals surface area contributed by atoms with Crippen LogP contribution in [0.1, 0.15) is 16.2 Å². The zero-order valence-corrected chi connectivity index (χ0v) is 11.8. The number of nitrogens with zero attached hydrogens (tertiary/aromatic N) is 3. The average Bonchev–Trinajstić information content (AvgIpc) is 2.71. The van der Waals surface area contributed by atoms with Gasteiger partial charge in [0.25, 0.3) is 5.91 Å². The number of carbonyl (C=O) groups is 1. The van der Waals surface area contributed by atoms with Crippen LogP contribution in [0.25, 0.3) is 0 Å². The third kappa shape index (κ3) is 3.45. The van der Waals surface area contributed by atoms with Crippen LogP contribution in [0, 0.1) is 6.92 Å². The molecule has 0 radical (unpaired) electrons. The number of aryl methyl sites for hydroxylation is 2. The van der Waals surface area contributed by atoms with Gasteiger partial charge in [-0.1, -0.05) is 0 Å². The van der Waals surface area contributed by atoms with E-state index in [9.17, 15) is 4.79 Å². The summed E-state index contributed by atoms with van der Waals surface area (Å²) in [6, 6.07) is 5.32. The highest BCUT2D eigenvalue weighted by molar-refractivity contribution is 6.02. The van der Waals surface area contributed by atoms with Crippen LogP contribution in [0.4, 0.5) is 11.5 Å². The molecule has 6 nitrogen and oxygen atoms in total. The van der Waals surface area contributed by atoms with Crippen LogP contribution in [-0.2, 0) is 7.05 Å². The second-order valence-electron chi connectivity index (χ2n) is 3.93. The van der Waals surface area contributed by atoms with Crippen molar-refractivity contribution in [3.05, 3.63) is 35.8 Å². The molecule has 102 valence electrons. The van der Waals surface area contributed by atoms with Gasteiger partial charge in [-0.05, 0) is 25.1 Å². The van der Waals surface area contributed by atoms with Crippen LogP contribution in [0.3, 0.4) is 0 Å². The van der Waals surface area contributed by atoms with Crippen LogP contribution in [0.2, 0.25) is 0 Å². The largest absolute Gasteiger partial charge is 0.373 e. The number of carbonyl (C=O) groups excluding carboxylic acids is 1. The maximum atomic E-state index is 11.9. The number of pyridine rings is 1. The Labute approximate surface area is 117 Å². The van der Waals surface area contributed by atoms with Crippen LogP contribution in [0.5, 0.6) is 0 Å². The van der Waals surface area contributed by atoms with Crippen LogP contribution >= 0.6 is 12.4 Å². The predicted octanol–water partition coefficient (Wildman–Crippen LogP) is 1.84. The molecule has 7 heteroatoms. The summed E-state index contributed by atoms with van der Waals surface area (Å²) < 4.78 is 1.66. The molecule has 0 spiro atoms. The summed E-state index contributed by atoms with van der Waals surface area (Å²) in [5, 5.41) is 9.77. The molecular formula is C12H16ClN5O. The van der Waals surface area contributed by atoms with Gasteiger partial charge in [0.1, 0.15) is 5.82 Å². The van der Waals surface area contributed by atoms with Crippen molar-refractivity contribution in [2.45, 2.75) is 6.92 Å². The Morgan fingerprint density at radius 2 is 2.11 bits per heavy atom. The molecule has 0 atom stereocenters. The molecule has 0 aromatic carbocycles. The smallest absolute Gasteiger partial charge is 0.276 e. The summed E-state index contributed by atoms with van der Waals surface area (Å²) >= 11 is 0. The van der Waals surface area contributed by atoms with Crippen LogP contribution in [-0.4, -0.2) is 27.7 Å². The quantitative estimate of drug-likeness (QED) is 0.900. The second kappa shape index (κ2) is 6.19. The van der Waals surface area contributed by atoms with E-state index in [2.05, 4.69) is 20.7 Å². The van der Waals surface area contributed by atoms with Crippen molar-refractivity contribution in [3.63, 3.8) is 0 Å². The van der Waals surface area contributed by atoms with E-state index >= 15 is 0 Å². The van der Waals surface area contributed by atoms with Crippen molar-refractivity contribution >= 4 is 29.8 Å². The number of amides is 1. The first-order valence-corrected chi connectivity index (χ1v) is 5.56. The Hall–Kier alpha value is -2.08. The van der Waals surface area contributed by atoms with Crippen molar-refractivity contribution in [2.24, 2.45) is 7.05 Å². The Morgan fingerprint density at radius 3 is 2.58 bits per heavy atom. The fraction of sp³-hybridized carbons (Fsp3) is 0.250. The summed E-state index contributed by atoms with van der Waals surface area (Å²) in [4.78, 5) is 16.0. The zero-order chi connectivity index (χ0) is 13.1. The van der Waals surface area contributed by atoms with Gasteiger partial charge in [-0.25, -0.2) is 4.98 Å². The summed E-state index contributed by atoms with van der Waals surface area (Å²) in [5.74, 6) is 0.513. The lowest BCUT2D eigenvalue weighted by molar-refractivity contribution is 0.102. The second-order valence-corrected chi connectivity index (χ2v) is 3.93. The Bertz CT molecular complexity index is 544. The normalized spacial score (nSPS) is 9.63. The van der Waals surface area contributed by atoms with E-state index in [1.165, 1.54) is 0 Å². The monoisotopic (exact) mass is 281 g/mol. The number of hydrogen-bond donors (Lipinski definition) is 2. The highest BCUT2D eigenvalue weighted by atomic mass is 35.5. The predicted molar refractivity (Wildman–Crippen MR) is 76.9 cm³/mol. The molecule has 0 fully saturated rings. The molecule has 0 saturated carbocycles. The Kier molecular flexibility index (Phi) is 4.88. The van der Waals surface area contributed by atoms with Gasteiger partial charge < -0.3 is 10.6 Å². The minimum absolute atomic E-state index is 0. The minimum Gasteiger partial charge on any atom is -0.373 e. The molecule has 2 rings (SSSR count). The summed E-state index contributed by atoms with van der Waals surface area (Å²) in [6.45, 7) is 1.90. The van der Waals surface area contributed by atoms with E-state index in [1.807, 2.05) is 6.92 Å². The summed E-state index contributed by atoms with van der Waals surface area (Å²) in [5.41, 5.74) is 1.97. The van der Waals surface area contributed by atoms with E-state index in [0.29, 0.717) is 11.4 Å². The first-order chi connectivity index (χ1) is 8.60. The van der Waals surface area contributed by atoms with Gasteiger partial charge in [-0.15, -0.1) is 12.4 Å². The lowest BCUT2D eigenvalue weighted by Gasteiger charge is -2.03. The molecule has 0 bridgehead atoms. The number of aromatic nitrogens is 3. The Balaban J connectivity index is 0.00000180. The summed E-state index contributed by atoms with van der Waals surface area (Å²) in [7, 11) is 3.59. The Morgan fingerprint density at radius 1 is 1.37 bits per heavy atom. The van der Waals surface area contributed by atoms with E-state index in [4.69, 9.17) is 0 Å². The number of hydrogen-bond acceptors (Lipinski definition) is 4. The minimum atomic E-state index is -0.238. The fourth-order valence-corrected chi connectivity index (χ4v) is 1.48. The van der Waals surface area contributed by atoms with Crippen molar-refractivity contribution in [1.82, 2.24) is 14.8 Å². The highest BCUT2D eigenvalue weighted by Crippen LogP contribution is 2.11. The number of rotatable bonds is 3. The number of nitrogens with one attached hydrogen (secondary N) is 2. The van der Waals surface area contributed by atoms with Crippen LogP contribution < -0.4 is 10.6 Å². The molecule has 0 saturated heterocycles. The van der Waals surface area contributed by atoms with Crippen molar-refractivity contribution < 1.29 is 4.79 Å². The van der Waals surface area contributed by atoms with Gasteiger partial charge in [0.2, 0.25) is 0 Å². The van der Waals surface area contributed by atoms with Crippen LogP contribution in [0.15, 0.2) is 24.4 Å². The molecule has 0 aliphatic heterocycles. The lowest BCUT2D eigenvalue weighted by Crippen LogP contribution is -2.13. The molecule has 0 aliphatic carbocycles.